The summed E-state index contributed by atoms with van der Waals surface area (Å²) in [5.74, 6) is 1.94. The first-order chi connectivity index (χ1) is 11.7. The highest BCUT2D eigenvalue weighted by Gasteiger charge is 2.42. The maximum Gasteiger partial charge on any atom is 0.317 e. The van der Waals surface area contributed by atoms with Gasteiger partial charge >= 0.3 is 6.03 Å². The second-order valence-electron chi connectivity index (χ2n) is 8.01. The van der Waals surface area contributed by atoms with E-state index in [0.29, 0.717) is 0 Å². The molecule has 6 heteroatoms. The number of nitrogens with zero attached hydrogens (tertiary/aromatic N) is 3. The number of hydrogen-bond donors (Lipinski definition) is 1. The van der Waals surface area contributed by atoms with E-state index in [1.165, 1.54) is 25.7 Å². The van der Waals surface area contributed by atoms with E-state index in [9.17, 15) is 9.59 Å². The highest BCUT2D eigenvalue weighted by atomic mass is 16.2. The van der Waals surface area contributed by atoms with Gasteiger partial charge in [-0.3, -0.25) is 9.69 Å². The molecule has 4 aliphatic rings. The summed E-state index contributed by atoms with van der Waals surface area (Å²) in [5.41, 5.74) is 0. The maximum atomic E-state index is 12.3. The summed E-state index contributed by atoms with van der Waals surface area (Å²) in [7, 11) is 0. The van der Waals surface area contributed by atoms with E-state index < -0.39 is 0 Å². The predicted octanol–water partition coefficient (Wildman–Crippen LogP) is 1.12. The van der Waals surface area contributed by atoms with Gasteiger partial charge < -0.3 is 15.1 Å². The summed E-state index contributed by atoms with van der Waals surface area (Å²) in [6, 6.07) is 0.695. The van der Waals surface area contributed by atoms with Crippen LogP contribution in [-0.4, -0.2) is 78.5 Å². The van der Waals surface area contributed by atoms with Gasteiger partial charge in [0.15, 0.2) is 0 Å². The monoisotopic (exact) mass is 334 g/mol. The molecule has 2 aliphatic heterocycles. The van der Waals surface area contributed by atoms with Crippen LogP contribution >= 0.6 is 0 Å². The molecule has 2 aliphatic carbocycles. The van der Waals surface area contributed by atoms with Crippen molar-refractivity contribution in [3.8, 4) is 0 Å². The van der Waals surface area contributed by atoms with E-state index >= 15 is 0 Å². The molecule has 6 nitrogen and oxygen atoms in total. The summed E-state index contributed by atoms with van der Waals surface area (Å²) < 4.78 is 0. The first kappa shape index (κ1) is 16.2. The molecule has 3 amide bonds. The SMILES string of the molecule is O=C(CNC(=O)N1CCN([C@@H]2C[C@H]3CC[C@H]2C3)CC1)N1CCCC1. The highest BCUT2D eigenvalue weighted by Crippen LogP contribution is 2.46. The number of likely N-dealkylation sites (tertiary alicyclic amines) is 1. The maximum absolute atomic E-state index is 12.3. The molecule has 4 rings (SSSR count). The molecule has 1 N–H and O–H groups in total. The number of fused-ring (bicyclic) bond motifs is 2. The molecule has 2 saturated carbocycles. The smallest absolute Gasteiger partial charge is 0.317 e. The standard InChI is InChI=1S/C18H30N4O2/c23-17(21-5-1-2-6-21)13-19-18(24)22-9-7-20(8-10-22)16-12-14-3-4-15(16)11-14/h14-16H,1-13H2,(H,19,24)/t14-,15-,16+/m0/s1. The topological polar surface area (TPSA) is 55.9 Å². The van der Waals surface area contributed by atoms with Crippen molar-refractivity contribution in [1.29, 1.82) is 0 Å². The van der Waals surface area contributed by atoms with Crippen molar-refractivity contribution >= 4 is 11.9 Å². The first-order valence-electron chi connectivity index (χ1n) is 9.75. The van der Waals surface area contributed by atoms with Gasteiger partial charge in [-0.15, -0.1) is 0 Å². The van der Waals surface area contributed by atoms with E-state index in [1.807, 2.05) is 9.80 Å². The molecule has 0 unspecified atom stereocenters. The molecule has 24 heavy (non-hydrogen) atoms. The Morgan fingerprint density at radius 3 is 2.25 bits per heavy atom. The van der Waals surface area contributed by atoms with Crippen LogP contribution in [0.15, 0.2) is 0 Å². The fraction of sp³-hybridized carbons (Fsp3) is 0.889. The Kier molecular flexibility index (Phi) is 4.66. The van der Waals surface area contributed by atoms with Crippen molar-refractivity contribution in [2.45, 2.75) is 44.6 Å². The highest BCUT2D eigenvalue weighted by molar-refractivity contribution is 5.84. The number of urea groups is 1. The van der Waals surface area contributed by atoms with E-state index in [1.54, 1.807) is 0 Å². The van der Waals surface area contributed by atoms with Crippen molar-refractivity contribution < 1.29 is 9.59 Å². The van der Waals surface area contributed by atoms with Crippen LogP contribution in [0.3, 0.4) is 0 Å². The zero-order valence-electron chi connectivity index (χ0n) is 14.6. The number of hydrogen-bond acceptors (Lipinski definition) is 3. The number of carbonyl (C=O) groups excluding carboxylic acids is 2. The van der Waals surface area contributed by atoms with Crippen LogP contribution in [-0.2, 0) is 4.79 Å². The second-order valence-corrected chi connectivity index (χ2v) is 8.01. The Labute approximate surface area is 144 Å². The number of amides is 3. The number of rotatable bonds is 3. The largest absolute Gasteiger partial charge is 0.341 e. The van der Waals surface area contributed by atoms with Gasteiger partial charge in [0.25, 0.3) is 0 Å². The fourth-order valence-electron chi connectivity index (χ4n) is 5.26. The third-order valence-corrected chi connectivity index (χ3v) is 6.62. The zero-order chi connectivity index (χ0) is 16.5. The van der Waals surface area contributed by atoms with Gasteiger partial charge in [-0.25, -0.2) is 4.79 Å². The van der Waals surface area contributed by atoms with Crippen LogP contribution in [0.25, 0.3) is 0 Å². The van der Waals surface area contributed by atoms with Crippen LogP contribution < -0.4 is 5.32 Å². The lowest BCUT2D eigenvalue weighted by molar-refractivity contribution is -0.129. The molecular weight excluding hydrogens is 304 g/mol. The molecule has 2 bridgehead atoms. The minimum absolute atomic E-state index is 0.0569. The second kappa shape index (κ2) is 6.90. The third-order valence-electron chi connectivity index (χ3n) is 6.62. The van der Waals surface area contributed by atoms with Gasteiger partial charge in [0, 0.05) is 45.3 Å². The Balaban J connectivity index is 1.19. The lowest BCUT2D eigenvalue weighted by Crippen LogP contribution is -2.55. The van der Waals surface area contributed by atoms with Crippen LogP contribution in [0.1, 0.15) is 38.5 Å². The Hall–Kier alpha value is -1.30. The van der Waals surface area contributed by atoms with Crippen molar-refractivity contribution in [1.82, 2.24) is 20.0 Å². The molecule has 4 fully saturated rings. The molecule has 0 radical (unpaired) electrons. The van der Waals surface area contributed by atoms with Gasteiger partial charge in [-0.1, -0.05) is 6.42 Å². The molecule has 0 aromatic carbocycles. The van der Waals surface area contributed by atoms with E-state index in [4.69, 9.17) is 0 Å². The Bertz CT molecular complexity index is 483. The summed E-state index contributed by atoms with van der Waals surface area (Å²) in [6.07, 6.45) is 7.84. The summed E-state index contributed by atoms with van der Waals surface area (Å²) in [4.78, 5) is 30.7. The summed E-state index contributed by atoms with van der Waals surface area (Å²) in [5, 5.41) is 2.82. The van der Waals surface area contributed by atoms with Crippen LogP contribution in [0, 0.1) is 11.8 Å². The molecule has 3 atom stereocenters. The average molecular weight is 334 g/mol. The molecule has 0 spiro atoms. The molecule has 134 valence electrons. The molecule has 0 aromatic heterocycles. The third kappa shape index (κ3) is 3.25. The van der Waals surface area contributed by atoms with Crippen molar-refractivity contribution in [2.75, 3.05) is 45.8 Å². The van der Waals surface area contributed by atoms with Gasteiger partial charge in [0.1, 0.15) is 0 Å². The number of piperazine rings is 1. The van der Waals surface area contributed by atoms with Crippen molar-refractivity contribution in [3.05, 3.63) is 0 Å². The zero-order valence-corrected chi connectivity index (χ0v) is 14.6. The van der Waals surface area contributed by atoms with Gasteiger partial charge in [-0.05, 0) is 43.9 Å². The van der Waals surface area contributed by atoms with Gasteiger partial charge in [-0.2, -0.15) is 0 Å². The molecule has 2 heterocycles. The number of nitrogens with one attached hydrogen (secondary N) is 1. The average Bonchev–Trinajstić information content (AvgIpc) is 3.37. The first-order valence-corrected chi connectivity index (χ1v) is 9.75. The van der Waals surface area contributed by atoms with Gasteiger partial charge in [0.05, 0.1) is 6.54 Å². The molecular formula is C18H30N4O2. The fourth-order valence-corrected chi connectivity index (χ4v) is 5.26. The van der Waals surface area contributed by atoms with Crippen molar-refractivity contribution in [2.24, 2.45) is 11.8 Å². The normalized spacial score (nSPS) is 33.2. The Morgan fingerprint density at radius 2 is 1.62 bits per heavy atom. The lowest BCUT2D eigenvalue weighted by atomic mass is 9.93. The summed E-state index contributed by atoms with van der Waals surface area (Å²) >= 11 is 0. The molecule has 0 aromatic rings. The van der Waals surface area contributed by atoms with Crippen LogP contribution in [0.4, 0.5) is 4.79 Å². The van der Waals surface area contributed by atoms with E-state index in [-0.39, 0.29) is 18.5 Å². The quantitative estimate of drug-likeness (QED) is 0.842. The van der Waals surface area contributed by atoms with Crippen molar-refractivity contribution in [3.63, 3.8) is 0 Å². The minimum Gasteiger partial charge on any atom is -0.341 e. The lowest BCUT2D eigenvalue weighted by Gasteiger charge is -2.40. The minimum atomic E-state index is -0.0739. The van der Waals surface area contributed by atoms with Crippen LogP contribution in [0.5, 0.6) is 0 Å². The van der Waals surface area contributed by atoms with E-state index in [2.05, 4.69) is 10.2 Å². The Morgan fingerprint density at radius 1 is 0.875 bits per heavy atom. The summed E-state index contributed by atoms with van der Waals surface area (Å²) in [6.45, 7) is 5.39. The van der Waals surface area contributed by atoms with Gasteiger partial charge in [0.2, 0.25) is 5.91 Å². The van der Waals surface area contributed by atoms with E-state index in [0.717, 1.165) is 70.0 Å². The predicted molar refractivity (Wildman–Crippen MR) is 91.6 cm³/mol. The number of carbonyl (C=O) groups is 2. The molecule has 2 saturated heterocycles. The van der Waals surface area contributed by atoms with Crippen LogP contribution in [0.2, 0.25) is 0 Å².